The van der Waals surface area contributed by atoms with E-state index >= 15 is 0 Å². The van der Waals surface area contributed by atoms with E-state index in [2.05, 4.69) is 21.0 Å². The van der Waals surface area contributed by atoms with Crippen molar-refractivity contribution in [2.75, 3.05) is 13.6 Å². The SMILES string of the molecule is CNC(=O)NC(=O)CN[C@H](C)c1ccc(-n2cccn2)cc1. The number of nitrogens with one attached hydrogen (secondary N) is 3. The highest BCUT2D eigenvalue weighted by atomic mass is 16.2. The van der Waals surface area contributed by atoms with Crippen LogP contribution in [0.25, 0.3) is 5.69 Å². The van der Waals surface area contributed by atoms with Crippen LogP contribution in [0.1, 0.15) is 18.5 Å². The van der Waals surface area contributed by atoms with E-state index in [1.54, 1.807) is 10.9 Å². The van der Waals surface area contributed by atoms with Crippen LogP contribution >= 0.6 is 0 Å². The van der Waals surface area contributed by atoms with Crippen LogP contribution in [0.5, 0.6) is 0 Å². The molecule has 2 aromatic rings. The Morgan fingerprint density at radius 3 is 2.59 bits per heavy atom. The predicted molar refractivity (Wildman–Crippen MR) is 82.6 cm³/mol. The van der Waals surface area contributed by atoms with E-state index in [9.17, 15) is 9.59 Å². The van der Waals surface area contributed by atoms with E-state index in [4.69, 9.17) is 0 Å². The zero-order valence-corrected chi connectivity index (χ0v) is 12.5. The summed E-state index contributed by atoms with van der Waals surface area (Å²) in [5, 5.41) is 11.8. The first-order valence-corrected chi connectivity index (χ1v) is 6.95. The summed E-state index contributed by atoms with van der Waals surface area (Å²) in [6.07, 6.45) is 3.60. The Morgan fingerprint density at radius 1 is 1.27 bits per heavy atom. The molecule has 1 aromatic carbocycles. The number of hydrogen-bond donors (Lipinski definition) is 3. The van der Waals surface area contributed by atoms with E-state index in [1.807, 2.05) is 43.5 Å². The Kier molecular flexibility index (Phi) is 5.26. The molecule has 2 rings (SSSR count). The van der Waals surface area contributed by atoms with Gasteiger partial charge in [0.05, 0.1) is 12.2 Å². The summed E-state index contributed by atoms with van der Waals surface area (Å²) in [5.74, 6) is -0.376. The number of benzene rings is 1. The van der Waals surface area contributed by atoms with Gasteiger partial charge in [-0.05, 0) is 30.7 Å². The summed E-state index contributed by atoms with van der Waals surface area (Å²) in [7, 11) is 1.46. The van der Waals surface area contributed by atoms with Crippen molar-refractivity contribution in [2.24, 2.45) is 0 Å². The molecule has 0 radical (unpaired) electrons. The van der Waals surface area contributed by atoms with E-state index in [-0.39, 0.29) is 18.5 Å². The quantitative estimate of drug-likeness (QED) is 0.768. The summed E-state index contributed by atoms with van der Waals surface area (Å²) in [6.45, 7) is 2.02. The molecular weight excluding hydrogens is 282 g/mol. The van der Waals surface area contributed by atoms with Crippen molar-refractivity contribution in [3.63, 3.8) is 0 Å². The molecule has 0 unspecified atom stereocenters. The fraction of sp³-hybridized carbons (Fsp3) is 0.267. The second-order valence-electron chi connectivity index (χ2n) is 4.77. The molecule has 116 valence electrons. The van der Waals surface area contributed by atoms with Gasteiger partial charge in [-0.25, -0.2) is 9.48 Å². The lowest BCUT2D eigenvalue weighted by atomic mass is 10.1. The van der Waals surface area contributed by atoms with Gasteiger partial charge in [0.1, 0.15) is 0 Å². The molecule has 22 heavy (non-hydrogen) atoms. The van der Waals surface area contributed by atoms with Gasteiger partial charge in [0.15, 0.2) is 0 Å². The van der Waals surface area contributed by atoms with Crippen LogP contribution in [0.4, 0.5) is 4.79 Å². The lowest BCUT2D eigenvalue weighted by Crippen LogP contribution is -2.42. The van der Waals surface area contributed by atoms with Crippen LogP contribution in [0.2, 0.25) is 0 Å². The largest absolute Gasteiger partial charge is 0.341 e. The van der Waals surface area contributed by atoms with Crippen LogP contribution in [-0.4, -0.2) is 35.3 Å². The average Bonchev–Trinajstić information content (AvgIpc) is 3.07. The average molecular weight is 301 g/mol. The minimum absolute atomic E-state index is 0.0119. The number of carbonyl (C=O) groups excluding carboxylic acids is 2. The normalized spacial score (nSPS) is 11.7. The number of rotatable bonds is 5. The van der Waals surface area contributed by atoms with Crippen LogP contribution in [-0.2, 0) is 4.79 Å². The van der Waals surface area contributed by atoms with Crippen molar-refractivity contribution in [1.29, 1.82) is 0 Å². The summed E-state index contributed by atoms with van der Waals surface area (Å²) in [4.78, 5) is 22.5. The molecule has 3 N–H and O–H groups in total. The molecule has 0 saturated carbocycles. The van der Waals surface area contributed by atoms with Crippen LogP contribution in [0.3, 0.4) is 0 Å². The van der Waals surface area contributed by atoms with E-state index in [0.29, 0.717) is 0 Å². The summed E-state index contributed by atoms with van der Waals surface area (Å²) >= 11 is 0. The maximum atomic E-state index is 11.5. The summed E-state index contributed by atoms with van der Waals surface area (Å²) in [5.41, 5.74) is 2.02. The van der Waals surface area contributed by atoms with Crippen molar-refractivity contribution in [1.82, 2.24) is 25.7 Å². The molecule has 0 aliphatic carbocycles. The van der Waals surface area contributed by atoms with Crippen LogP contribution < -0.4 is 16.0 Å². The van der Waals surface area contributed by atoms with Crippen molar-refractivity contribution in [2.45, 2.75) is 13.0 Å². The molecule has 1 aromatic heterocycles. The molecule has 0 bridgehead atoms. The Balaban J connectivity index is 1.89. The van der Waals surface area contributed by atoms with Gasteiger partial charge in [-0.1, -0.05) is 12.1 Å². The first-order chi connectivity index (χ1) is 10.6. The molecular formula is C15H19N5O2. The minimum Gasteiger partial charge on any atom is -0.341 e. The highest BCUT2D eigenvalue weighted by Crippen LogP contribution is 2.15. The number of imide groups is 1. The first-order valence-electron chi connectivity index (χ1n) is 6.95. The smallest absolute Gasteiger partial charge is 0.321 e. The highest BCUT2D eigenvalue weighted by Gasteiger charge is 2.09. The Morgan fingerprint density at radius 2 is 2.00 bits per heavy atom. The molecule has 0 aliphatic rings. The standard InChI is InChI=1S/C15H19N5O2/c1-11(17-10-14(21)19-15(22)16-2)12-4-6-13(7-5-12)20-9-3-8-18-20/h3-9,11,17H,10H2,1-2H3,(H2,16,19,21,22)/t11-/m1/s1. The summed E-state index contributed by atoms with van der Waals surface area (Å²) < 4.78 is 1.78. The van der Waals surface area contributed by atoms with Gasteiger partial charge in [-0.3, -0.25) is 10.1 Å². The summed E-state index contributed by atoms with van der Waals surface area (Å²) in [6, 6.07) is 9.22. The number of urea groups is 1. The van der Waals surface area contributed by atoms with E-state index < -0.39 is 6.03 Å². The molecule has 1 heterocycles. The molecule has 7 heteroatoms. The number of amides is 3. The zero-order chi connectivity index (χ0) is 15.9. The number of carbonyl (C=O) groups is 2. The molecule has 1 atom stereocenters. The molecule has 0 saturated heterocycles. The number of nitrogens with zero attached hydrogens (tertiary/aromatic N) is 2. The van der Waals surface area contributed by atoms with Crippen molar-refractivity contribution in [3.05, 3.63) is 48.3 Å². The van der Waals surface area contributed by atoms with E-state index in [0.717, 1.165) is 11.3 Å². The van der Waals surface area contributed by atoms with Crippen molar-refractivity contribution < 1.29 is 9.59 Å². The van der Waals surface area contributed by atoms with Crippen molar-refractivity contribution >= 4 is 11.9 Å². The van der Waals surface area contributed by atoms with Crippen LogP contribution in [0.15, 0.2) is 42.7 Å². The molecule has 7 nitrogen and oxygen atoms in total. The highest BCUT2D eigenvalue weighted by molar-refractivity contribution is 5.95. The second-order valence-corrected chi connectivity index (χ2v) is 4.77. The number of aromatic nitrogens is 2. The first kappa shape index (κ1) is 15.7. The molecule has 0 fully saturated rings. The van der Waals surface area contributed by atoms with Gasteiger partial charge in [-0.15, -0.1) is 0 Å². The fourth-order valence-corrected chi connectivity index (χ4v) is 1.93. The number of hydrogen-bond acceptors (Lipinski definition) is 4. The second kappa shape index (κ2) is 7.37. The van der Waals surface area contributed by atoms with Gasteiger partial charge in [0.25, 0.3) is 0 Å². The van der Waals surface area contributed by atoms with E-state index in [1.165, 1.54) is 7.05 Å². The van der Waals surface area contributed by atoms with Gasteiger partial charge in [0, 0.05) is 25.5 Å². The Labute approximate surface area is 128 Å². The van der Waals surface area contributed by atoms with Crippen LogP contribution in [0, 0.1) is 0 Å². The lowest BCUT2D eigenvalue weighted by molar-refractivity contribution is -0.119. The zero-order valence-electron chi connectivity index (χ0n) is 12.5. The predicted octanol–water partition coefficient (Wildman–Crippen LogP) is 0.978. The van der Waals surface area contributed by atoms with Gasteiger partial charge < -0.3 is 10.6 Å². The Hall–Kier alpha value is -2.67. The third-order valence-corrected chi connectivity index (χ3v) is 3.21. The molecule has 0 aliphatic heterocycles. The molecule has 0 spiro atoms. The minimum atomic E-state index is -0.511. The maximum Gasteiger partial charge on any atom is 0.321 e. The third-order valence-electron chi connectivity index (χ3n) is 3.21. The van der Waals surface area contributed by atoms with Gasteiger partial charge in [0.2, 0.25) is 5.91 Å². The lowest BCUT2D eigenvalue weighted by Gasteiger charge is -2.14. The van der Waals surface area contributed by atoms with Gasteiger partial charge >= 0.3 is 6.03 Å². The third kappa shape index (κ3) is 4.16. The van der Waals surface area contributed by atoms with Crippen molar-refractivity contribution in [3.8, 4) is 5.69 Å². The monoisotopic (exact) mass is 301 g/mol. The maximum absolute atomic E-state index is 11.5. The fourth-order valence-electron chi connectivity index (χ4n) is 1.93. The Bertz CT molecular complexity index is 622. The molecule has 3 amide bonds. The van der Waals surface area contributed by atoms with Gasteiger partial charge in [-0.2, -0.15) is 5.10 Å². The topological polar surface area (TPSA) is 88.0 Å².